The summed E-state index contributed by atoms with van der Waals surface area (Å²) in [7, 11) is 0. The maximum absolute atomic E-state index is 12.7. The van der Waals surface area contributed by atoms with Gasteiger partial charge in [-0.05, 0) is 49.5 Å². The third kappa shape index (κ3) is 6.69. The lowest BCUT2D eigenvalue weighted by molar-refractivity contribution is -0.130. The first-order valence-electron chi connectivity index (χ1n) is 13.7. The average Bonchev–Trinajstić information content (AvgIpc) is 2.99. The summed E-state index contributed by atoms with van der Waals surface area (Å²) in [5, 5.41) is 22.4. The fourth-order valence-electron chi connectivity index (χ4n) is 5.34. The van der Waals surface area contributed by atoms with Crippen LogP contribution in [-0.4, -0.2) is 81.0 Å². The van der Waals surface area contributed by atoms with Crippen LogP contribution in [0.3, 0.4) is 0 Å². The van der Waals surface area contributed by atoms with Crippen molar-refractivity contribution in [1.29, 1.82) is 5.26 Å². The number of carbonyl (C=O) groups excluding carboxylic acids is 1. The van der Waals surface area contributed by atoms with Gasteiger partial charge in [0.1, 0.15) is 29.0 Å². The number of nitrogens with zero attached hydrogens (tertiary/aromatic N) is 8. The third-order valence-electron chi connectivity index (χ3n) is 7.64. The molecule has 4 heterocycles. The van der Waals surface area contributed by atoms with Crippen LogP contribution in [0, 0.1) is 17.2 Å². The lowest BCUT2D eigenvalue weighted by Crippen LogP contribution is -2.49. The molecule has 41 heavy (non-hydrogen) atoms. The molecule has 3 aromatic rings. The van der Waals surface area contributed by atoms with Crippen molar-refractivity contribution in [3.05, 3.63) is 46.4 Å². The number of benzene rings is 1. The Kier molecular flexibility index (Phi) is 8.54. The molecule has 0 bridgehead atoms. The van der Waals surface area contributed by atoms with Crippen LogP contribution in [-0.2, 0) is 11.3 Å². The van der Waals surface area contributed by atoms with Gasteiger partial charge in [-0.15, -0.1) is 0 Å². The highest BCUT2D eigenvalue weighted by Crippen LogP contribution is 2.26. The van der Waals surface area contributed by atoms with E-state index in [4.69, 9.17) is 21.8 Å². The maximum Gasteiger partial charge on any atom is 0.277 e. The minimum Gasteiger partial charge on any atom is -0.386 e. The number of piperidine rings is 1. The molecule has 0 saturated carbocycles. The molecule has 2 fully saturated rings. The van der Waals surface area contributed by atoms with Crippen LogP contribution in [0.25, 0.3) is 10.9 Å². The van der Waals surface area contributed by atoms with Crippen molar-refractivity contribution in [2.24, 2.45) is 22.6 Å². The van der Waals surface area contributed by atoms with Crippen molar-refractivity contribution < 1.29 is 4.79 Å². The summed E-state index contributed by atoms with van der Waals surface area (Å²) in [6.07, 6.45) is 4.25. The summed E-state index contributed by atoms with van der Waals surface area (Å²) in [5.74, 6) is 6.95. The zero-order chi connectivity index (χ0) is 28.8. The lowest BCUT2D eigenvalue weighted by Gasteiger charge is -2.34. The largest absolute Gasteiger partial charge is 0.386 e. The van der Waals surface area contributed by atoms with E-state index in [-0.39, 0.29) is 17.9 Å². The topological polar surface area (TPSA) is 199 Å². The minimum atomic E-state index is -0.386. The van der Waals surface area contributed by atoms with E-state index in [0.717, 1.165) is 44.6 Å². The zero-order valence-corrected chi connectivity index (χ0v) is 22.8. The van der Waals surface area contributed by atoms with Gasteiger partial charge in [-0.2, -0.15) is 20.4 Å². The molecule has 1 amide bonds. The second-order valence-corrected chi connectivity index (χ2v) is 10.4. The van der Waals surface area contributed by atoms with Gasteiger partial charge in [-0.3, -0.25) is 14.5 Å². The molecular weight excluding hydrogens is 524 g/mol. The third-order valence-corrected chi connectivity index (χ3v) is 7.64. The summed E-state index contributed by atoms with van der Waals surface area (Å²) in [6, 6.07) is 10.00. The summed E-state index contributed by atoms with van der Waals surface area (Å²) in [4.78, 5) is 40.1. The Labute approximate surface area is 237 Å². The van der Waals surface area contributed by atoms with E-state index in [0.29, 0.717) is 60.6 Å². The highest BCUT2D eigenvalue weighted by Gasteiger charge is 2.24. The Morgan fingerprint density at radius 2 is 1.85 bits per heavy atom. The molecule has 5 rings (SSSR count). The molecule has 14 heteroatoms. The molecule has 2 aliphatic rings. The number of H-pyrrole nitrogens is 1. The number of amides is 1. The quantitative estimate of drug-likeness (QED) is 0.132. The summed E-state index contributed by atoms with van der Waals surface area (Å²) >= 11 is 0. The van der Waals surface area contributed by atoms with Gasteiger partial charge in [0.05, 0.1) is 12.3 Å². The highest BCUT2D eigenvalue weighted by atomic mass is 16.2. The van der Waals surface area contributed by atoms with Gasteiger partial charge in [0.25, 0.3) is 5.56 Å². The van der Waals surface area contributed by atoms with E-state index in [1.807, 2.05) is 23.1 Å². The maximum atomic E-state index is 12.7. The Balaban J connectivity index is 1.27. The second kappa shape index (κ2) is 12.6. The van der Waals surface area contributed by atoms with Crippen molar-refractivity contribution in [2.45, 2.75) is 32.2 Å². The van der Waals surface area contributed by atoms with Crippen LogP contribution in [0.5, 0.6) is 0 Å². The number of rotatable bonds is 8. The summed E-state index contributed by atoms with van der Waals surface area (Å²) in [5.41, 5.74) is 7.81. The van der Waals surface area contributed by atoms with E-state index in [9.17, 15) is 9.59 Å². The van der Waals surface area contributed by atoms with Crippen LogP contribution in [0.4, 0.5) is 17.5 Å². The first kappa shape index (κ1) is 27.8. The summed E-state index contributed by atoms with van der Waals surface area (Å²) < 4.78 is 0. The zero-order valence-electron chi connectivity index (χ0n) is 22.8. The van der Waals surface area contributed by atoms with Crippen molar-refractivity contribution in [3.63, 3.8) is 0 Å². The van der Waals surface area contributed by atoms with E-state index in [1.165, 1.54) is 11.8 Å². The molecular formula is C27H34N12O2. The smallest absolute Gasteiger partial charge is 0.277 e. The van der Waals surface area contributed by atoms with Crippen LogP contribution in [0.15, 0.2) is 40.4 Å². The van der Waals surface area contributed by atoms with E-state index >= 15 is 0 Å². The fourth-order valence-corrected chi connectivity index (χ4v) is 5.34. The molecule has 214 valence electrons. The minimum absolute atomic E-state index is 0.132. The molecule has 0 radical (unpaired) electrons. The molecule has 2 aromatic heterocycles. The van der Waals surface area contributed by atoms with E-state index in [2.05, 4.69) is 42.6 Å². The first-order chi connectivity index (χ1) is 19.9. The number of fused-ring (bicyclic) bond motifs is 1. The number of hydrogen-bond acceptors (Lipinski definition) is 11. The van der Waals surface area contributed by atoms with Crippen LogP contribution >= 0.6 is 0 Å². The van der Waals surface area contributed by atoms with E-state index in [1.54, 1.807) is 4.90 Å². The monoisotopic (exact) mass is 558 g/mol. The number of hydrazone groups is 1. The number of nitriles is 1. The van der Waals surface area contributed by atoms with Gasteiger partial charge in [0.15, 0.2) is 0 Å². The van der Waals surface area contributed by atoms with Crippen LogP contribution in [0.2, 0.25) is 0 Å². The first-order valence-corrected chi connectivity index (χ1v) is 13.7. The van der Waals surface area contributed by atoms with Crippen LogP contribution < -0.4 is 27.4 Å². The van der Waals surface area contributed by atoms with Crippen LogP contribution in [0.1, 0.15) is 31.2 Å². The number of carbonyl (C=O) groups is 1. The van der Waals surface area contributed by atoms with Crippen molar-refractivity contribution in [2.75, 3.05) is 49.5 Å². The van der Waals surface area contributed by atoms with Crippen molar-refractivity contribution in [3.8, 4) is 6.07 Å². The predicted octanol–water partition coefficient (Wildman–Crippen LogP) is 0.852. The van der Waals surface area contributed by atoms with Gasteiger partial charge in [0.2, 0.25) is 11.9 Å². The van der Waals surface area contributed by atoms with Crippen molar-refractivity contribution >= 4 is 40.1 Å². The van der Waals surface area contributed by atoms with E-state index < -0.39 is 0 Å². The van der Waals surface area contributed by atoms with Gasteiger partial charge < -0.3 is 26.7 Å². The summed E-state index contributed by atoms with van der Waals surface area (Å²) in [6.45, 7) is 4.80. The molecule has 14 nitrogen and oxygen atoms in total. The number of piperazine rings is 1. The number of amidine groups is 1. The normalized spacial score (nSPS) is 17.0. The molecule has 0 atom stereocenters. The van der Waals surface area contributed by atoms with Gasteiger partial charge in [0, 0.05) is 44.8 Å². The Morgan fingerprint density at radius 3 is 2.54 bits per heavy atom. The molecule has 1 aromatic carbocycles. The fraction of sp³-hybridized carbons (Fsp3) is 0.444. The molecule has 0 spiro atoms. The van der Waals surface area contributed by atoms with Gasteiger partial charge in [-0.1, -0.05) is 12.1 Å². The number of hydrogen-bond donors (Lipinski definition) is 4. The number of aromatic amines is 1. The molecule has 2 saturated heterocycles. The number of aromatic nitrogens is 4. The Hall–Kier alpha value is -4.77. The van der Waals surface area contributed by atoms with Crippen molar-refractivity contribution in [1.82, 2.24) is 30.0 Å². The molecule has 0 aliphatic carbocycles. The Bertz CT molecular complexity index is 1500. The number of likely N-dealkylation sites (tertiary alicyclic amines) is 1. The highest BCUT2D eigenvalue weighted by molar-refractivity contribution is 5.90. The predicted molar refractivity (Wildman–Crippen MR) is 155 cm³/mol. The number of nitrogens with one attached hydrogen (secondary N) is 2. The molecule has 6 N–H and O–H groups in total. The lowest BCUT2D eigenvalue weighted by atomic mass is 9.93. The Morgan fingerprint density at radius 1 is 1.12 bits per heavy atom. The van der Waals surface area contributed by atoms with Gasteiger partial charge in [-0.25, -0.2) is 10.1 Å². The number of anilines is 3. The molecule has 2 aliphatic heterocycles. The molecule has 0 unspecified atom stereocenters. The second-order valence-electron chi connectivity index (χ2n) is 10.4. The number of nitrogens with two attached hydrogens (primary N) is 2. The SMILES string of the molecule is N#CCC(=O)N1CCN(c2nc(Nc3ccc(CN4CCC(C/C(N)=N/N)CC4)cc3)c3c(=O)[nH]ncc3n2)CC1. The standard InChI is InChI=1S/C27H34N12O2/c28-8-5-23(40)38-11-13-39(14-12-38)27-33-21-16-31-36-26(41)24(21)25(34-27)32-20-3-1-19(2-4-20)17-37-9-6-18(7-10-37)15-22(29)35-30/h1-4,16,18H,5-7,9-15,17,30H2,(H2,29,35)(H,36,41)(H,32,33,34). The van der Waals surface area contributed by atoms with Gasteiger partial charge >= 0.3 is 0 Å². The average molecular weight is 559 g/mol.